The van der Waals surface area contributed by atoms with Gasteiger partial charge in [0.05, 0.1) is 18.7 Å². The highest BCUT2D eigenvalue weighted by Crippen LogP contribution is 2.29. The van der Waals surface area contributed by atoms with Crippen molar-refractivity contribution in [1.29, 1.82) is 0 Å². The monoisotopic (exact) mass is 372 g/mol. The van der Waals surface area contributed by atoms with Gasteiger partial charge in [-0.05, 0) is 43.4 Å². The summed E-state index contributed by atoms with van der Waals surface area (Å²) in [4.78, 5) is 25.0. The summed E-state index contributed by atoms with van der Waals surface area (Å²) >= 11 is 0. The van der Waals surface area contributed by atoms with Gasteiger partial charge in [-0.1, -0.05) is 6.42 Å². The van der Waals surface area contributed by atoms with E-state index in [0.29, 0.717) is 47.8 Å². The van der Waals surface area contributed by atoms with Gasteiger partial charge in [-0.25, -0.2) is 0 Å². The lowest BCUT2D eigenvalue weighted by atomic mass is 9.86. The van der Waals surface area contributed by atoms with Crippen LogP contribution in [0.2, 0.25) is 0 Å². The van der Waals surface area contributed by atoms with Crippen molar-refractivity contribution in [3.63, 3.8) is 0 Å². The van der Waals surface area contributed by atoms with E-state index in [0.717, 1.165) is 0 Å². The number of benzene rings is 1. The molecule has 2 aliphatic rings. The average Bonchev–Trinajstić information content (AvgIpc) is 3.12. The molecule has 144 valence electrons. The first-order valence-electron chi connectivity index (χ1n) is 9.34. The van der Waals surface area contributed by atoms with Gasteiger partial charge in [0.1, 0.15) is 17.0 Å². The van der Waals surface area contributed by atoms with E-state index >= 15 is 0 Å². The standard InChI is InChI=1S/C19H24N4O4/c1-23-16(17(25)21-19(11-24)7-8-20-18(19)26)14-9-13(5-6-15(14)22-23)27-10-12-3-2-4-12/h5-6,9,12,24H,2-4,7-8,10-11H2,1H3,(H,20,26)(H,21,25). The second-order valence-electron chi connectivity index (χ2n) is 7.46. The van der Waals surface area contributed by atoms with Crippen molar-refractivity contribution < 1.29 is 19.4 Å². The summed E-state index contributed by atoms with van der Waals surface area (Å²) < 4.78 is 7.37. The first kappa shape index (κ1) is 17.8. The van der Waals surface area contributed by atoms with Crippen LogP contribution < -0.4 is 15.4 Å². The molecule has 1 saturated heterocycles. The molecular formula is C19H24N4O4. The molecule has 0 radical (unpaired) electrons. The Balaban J connectivity index is 1.60. The minimum Gasteiger partial charge on any atom is -0.493 e. The number of carbonyl (C=O) groups excluding carboxylic acids is 2. The number of fused-ring (bicyclic) bond motifs is 1. The van der Waals surface area contributed by atoms with Gasteiger partial charge in [-0.2, -0.15) is 5.10 Å². The molecule has 1 atom stereocenters. The zero-order valence-corrected chi connectivity index (χ0v) is 15.3. The normalized spacial score (nSPS) is 22.5. The molecule has 1 saturated carbocycles. The number of aliphatic hydroxyl groups excluding tert-OH is 1. The number of hydrogen-bond donors (Lipinski definition) is 3. The van der Waals surface area contributed by atoms with Crippen molar-refractivity contribution in [3.05, 3.63) is 23.9 Å². The predicted octanol–water partition coefficient (Wildman–Crippen LogP) is 0.733. The first-order chi connectivity index (χ1) is 13.0. The summed E-state index contributed by atoms with van der Waals surface area (Å²) in [6.45, 7) is 0.655. The fourth-order valence-electron chi connectivity index (χ4n) is 3.67. The number of rotatable bonds is 6. The van der Waals surface area contributed by atoms with Gasteiger partial charge in [0, 0.05) is 19.0 Å². The summed E-state index contributed by atoms with van der Waals surface area (Å²) in [5.74, 6) is 0.506. The van der Waals surface area contributed by atoms with Crippen molar-refractivity contribution in [1.82, 2.24) is 20.4 Å². The molecule has 8 heteroatoms. The van der Waals surface area contributed by atoms with Crippen molar-refractivity contribution in [3.8, 4) is 5.75 Å². The van der Waals surface area contributed by atoms with Gasteiger partial charge >= 0.3 is 0 Å². The zero-order valence-electron chi connectivity index (χ0n) is 15.3. The van der Waals surface area contributed by atoms with Gasteiger partial charge in [-0.3, -0.25) is 14.3 Å². The highest BCUT2D eigenvalue weighted by molar-refractivity contribution is 6.07. The number of nitrogens with one attached hydrogen (secondary N) is 2. The molecule has 1 aliphatic carbocycles. The van der Waals surface area contributed by atoms with E-state index in [2.05, 4.69) is 15.7 Å². The molecule has 8 nitrogen and oxygen atoms in total. The maximum Gasteiger partial charge on any atom is 0.271 e. The van der Waals surface area contributed by atoms with Crippen LogP contribution in [0.5, 0.6) is 5.75 Å². The minimum atomic E-state index is -1.29. The summed E-state index contributed by atoms with van der Waals surface area (Å²) in [6.07, 6.45) is 4.02. The van der Waals surface area contributed by atoms with Gasteiger partial charge in [0.2, 0.25) is 5.91 Å². The van der Waals surface area contributed by atoms with Crippen LogP contribution in [0.25, 0.3) is 10.9 Å². The molecule has 27 heavy (non-hydrogen) atoms. The van der Waals surface area contributed by atoms with Crippen molar-refractivity contribution in [2.75, 3.05) is 19.8 Å². The summed E-state index contributed by atoms with van der Waals surface area (Å²) in [5.41, 5.74) is -0.273. The molecule has 1 aromatic carbocycles. The molecule has 1 unspecified atom stereocenters. The van der Waals surface area contributed by atoms with E-state index in [-0.39, 0.29) is 5.91 Å². The zero-order chi connectivity index (χ0) is 19.0. The Kier molecular flexibility index (Phi) is 4.51. The first-order valence-corrected chi connectivity index (χ1v) is 9.34. The molecule has 0 spiro atoms. The van der Waals surface area contributed by atoms with Gasteiger partial charge in [0.25, 0.3) is 5.91 Å². The van der Waals surface area contributed by atoms with Crippen LogP contribution in [-0.4, -0.2) is 52.0 Å². The van der Waals surface area contributed by atoms with Gasteiger partial charge in [-0.15, -0.1) is 0 Å². The number of aryl methyl sites for hydroxylation is 1. The Labute approximate surface area is 156 Å². The topological polar surface area (TPSA) is 105 Å². The van der Waals surface area contributed by atoms with Gasteiger partial charge in [0.15, 0.2) is 0 Å². The predicted molar refractivity (Wildman–Crippen MR) is 98.5 cm³/mol. The van der Waals surface area contributed by atoms with Crippen LogP contribution in [0.3, 0.4) is 0 Å². The van der Waals surface area contributed by atoms with Crippen molar-refractivity contribution in [2.45, 2.75) is 31.2 Å². The fourth-order valence-corrected chi connectivity index (χ4v) is 3.67. The van der Waals surface area contributed by atoms with Crippen molar-refractivity contribution in [2.24, 2.45) is 13.0 Å². The third-order valence-corrected chi connectivity index (χ3v) is 5.62. The quantitative estimate of drug-likeness (QED) is 0.693. The second kappa shape index (κ2) is 6.84. The van der Waals surface area contributed by atoms with Crippen LogP contribution in [0.15, 0.2) is 18.2 Å². The Bertz CT molecular complexity index is 889. The smallest absolute Gasteiger partial charge is 0.271 e. The lowest BCUT2D eigenvalue weighted by molar-refractivity contribution is -0.125. The Morgan fingerprint density at radius 1 is 1.48 bits per heavy atom. The Morgan fingerprint density at radius 2 is 2.30 bits per heavy atom. The third-order valence-electron chi connectivity index (χ3n) is 5.62. The molecule has 2 amide bonds. The van der Waals surface area contributed by atoms with E-state index in [1.54, 1.807) is 7.05 Å². The summed E-state index contributed by atoms with van der Waals surface area (Å²) in [7, 11) is 1.68. The van der Waals surface area contributed by atoms with Crippen LogP contribution in [0.4, 0.5) is 0 Å². The molecule has 2 heterocycles. The molecule has 3 N–H and O–H groups in total. The van der Waals surface area contributed by atoms with E-state index in [1.165, 1.54) is 23.9 Å². The third kappa shape index (κ3) is 3.14. The lowest BCUT2D eigenvalue weighted by Crippen LogP contribution is -2.56. The maximum absolute atomic E-state index is 12.9. The largest absolute Gasteiger partial charge is 0.493 e. The molecule has 0 bridgehead atoms. The lowest BCUT2D eigenvalue weighted by Gasteiger charge is -2.25. The van der Waals surface area contributed by atoms with Gasteiger partial charge < -0.3 is 20.5 Å². The molecular weight excluding hydrogens is 348 g/mol. The number of aromatic nitrogens is 2. The highest BCUT2D eigenvalue weighted by atomic mass is 16.5. The van der Waals surface area contributed by atoms with E-state index in [1.807, 2.05) is 18.2 Å². The maximum atomic E-state index is 12.9. The number of ether oxygens (including phenoxy) is 1. The Hall–Kier alpha value is -2.61. The Morgan fingerprint density at radius 3 is 2.93 bits per heavy atom. The highest BCUT2D eigenvalue weighted by Gasteiger charge is 2.44. The second-order valence-corrected chi connectivity index (χ2v) is 7.46. The number of carbonyl (C=O) groups is 2. The van der Waals surface area contributed by atoms with E-state index in [9.17, 15) is 14.7 Å². The number of nitrogens with zero attached hydrogens (tertiary/aromatic N) is 2. The molecule has 2 fully saturated rings. The molecule has 2 aromatic rings. The summed E-state index contributed by atoms with van der Waals surface area (Å²) in [6, 6.07) is 5.50. The number of amides is 2. The van der Waals surface area contributed by atoms with Crippen LogP contribution in [0, 0.1) is 5.92 Å². The average molecular weight is 372 g/mol. The van der Waals surface area contributed by atoms with E-state index in [4.69, 9.17) is 4.74 Å². The summed E-state index contributed by atoms with van der Waals surface area (Å²) in [5, 5.41) is 20.1. The van der Waals surface area contributed by atoms with Crippen molar-refractivity contribution >= 4 is 22.7 Å². The SMILES string of the molecule is Cn1nc2ccc(OCC3CCC3)cc2c1C(=O)NC1(CO)CCNC1=O. The van der Waals surface area contributed by atoms with Crippen LogP contribution in [0.1, 0.15) is 36.2 Å². The molecule has 1 aromatic heterocycles. The number of hydrogen-bond acceptors (Lipinski definition) is 5. The number of aliphatic hydroxyl groups is 1. The molecule has 4 rings (SSSR count). The fraction of sp³-hybridized carbons (Fsp3) is 0.526. The minimum absolute atomic E-state index is 0.339. The van der Waals surface area contributed by atoms with E-state index < -0.39 is 18.1 Å². The molecule has 1 aliphatic heterocycles. The van der Waals surface area contributed by atoms with Crippen LogP contribution in [-0.2, 0) is 11.8 Å². The van der Waals surface area contributed by atoms with Crippen LogP contribution >= 0.6 is 0 Å².